The van der Waals surface area contributed by atoms with Gasteiger partial charge in [-0.3, -0.25) is 9.78 Å². The van der Waals surface area contributed by atoms with Gasteiger partial charge in [0.2, 0.25) is 11.7 Å². The van der Waals surface area contributed by atoms with Crippen molar-refractivity contribution in [1.82, 2.24) is 15.1 Å². The lowest BCUT2D eigenvalue weighted by atomic mass is 10.1. The Labute approximate surface area is 176 Å². The van der Waals surface area contributed by atoms with Gasteiger partial charge in [0.1, 0.15) is 0 Å². The van der Waals surface area contributed by atoms with Gasteiger partial charge >= 0.3 is 0 Å². The molecule has 2 aromatic heterocycles. The summed E-state index contributed by atoms with van der Waals surface area (Å²) in [5.74, 6) is 0.526. The van der Waals surface area contributed by atoms with Crippen molar-refractivity contribution in [2.24, 2.45) is 0 Å². The van der Waals surface area contributed by atoms with Gasteiger partial charge in [0.05, 0.1) is 17.0 Å². The maximum Gasteiger partial charge on any atom is 0.257 e. The molecule has 0 saturated heterocycles. The molecule has 0 aliphatic carbocycles. The highest BCUT2D eigenvalue weighted by Crippen LogP contribution is 2.24. The van der Waals surface area contributed by atoms with Gasteiger partial charge in [-0.05, 0) is 42.0 Å². The Bertz CT molecular complexity index is 1160. The highest BCUT2D eigenvalue weighted by Gasteiger charge is 2.15. The van der Waals surface area contributed by atoms with E-state index in [0.29, 0.717) is 39.4 Å². The summed E-state index contributed by atoms with van der Waals surface area (Å²) >= 11 is 12.1. The zero-order valence-corrected chi connectivity index (χ0v) is 16.5. The van der Waals surface area contributed by atoms with Crippen LogP contribution in [0.1, 0.15) is 21.8 Å². The van der Waals surface area contributed by atoms with Crippen LogP contribution in [-0.2, 0) is 6.42 Å². The molecule has 4 aromatic rings. The minimum Gasteiger partial charge on any atom is -0.339 e. The van der Waals surface area contributed by atoms with Gasteiger partial charge in [0.15, 0.2) is 0 Å². The molecule has 0 aliphatic heterocycles. The fourth-order valence-electron chi connectivity index (χ4n) is 2.76. The van der Waals surface area contributed by atoms with E-state index in [0.717, 1.165) is 11.1 Å². The van der Waals surface area contributed by atoms with E-state index in [1.807, 2.05) is 24.3 Å². The van der Waals surface area contributed by atoms with Crippen LogP contribution in [0.3, 0.4) is 0 Å². The molecule has 0 spiro atoms. The monoisotopic (exact) mass is 424 g/mol. The minimum absolute atomic E-state index is 0.297. The summed E-state index contributed by atoms with van der Waals surface area (Å²) in [5.41, 5.74) is 2.50. The van der Waals surface area contributed by atoms with Gasteiger partial charge in [0.25, 0.3) is 5.91 Å². The van der Waals surface area contributed by atoms with E-state index >= 15 is 0 Å². The van der Waals surface area contributed by atoms with Crippen LogP contribution in [0.4, 0.5) is 5.69 Å². The minimum atomic E-state index is -0.355. The molecule has 8 heteroatoms. The highest BCUT2D eigenvalue weighted by molar-refractivity contribution is 6.36. The van der Waals surface area contributed by atoms with Gasteiger partial charge in [-0.25, -0.2) is 0 Å². The van der Waals surface area contributed by atoms with E-state index in [9.17, 15) is 4.79 Å². The number of rotatable bonds is 5. The summed E-state index contributed by atoms with van der Waals surface area (Å²) in [7, 11) is 0. The van der Waals surface area contributed by atoms with Crippen molar-refractivity contribution >= 4 is 34.8 Å². The lowest BCUT2D eigenvalue weighted by molar-refractivity contribution is 0.102. The van der Waals surface area contributed by atoms with Crippen LogP contribution in [0.2, 0.25) is 10.0 Å². The molecule has 1 amide bonds. The second-order valence-corrected chi connectivity index (χ2v) is 7.01. The van der Waals surface area contributed by atoms with Crippen LogP contribution in [0, 0.1) is 0 Å². The molecule has 0 unspecified atom stereocenters. The fraction of sp³-hybridized carbons (Fsp3) is 0.0476. The van der Waals surface area contributed by atoms with Crippen LogP contribution < -0.4 is 5.32 Å². The average Bonchev–Trinajstić information content (AvgIpc) is 3.20. The molecule has 0 radical (unpaired) electrons. The number of amides is 1. The van der Waals surface area contributed by atoms with Crippen LogP contribution in [-0.4, -0.2) is 21.0 Å². The quantitative estimate of drug-likeness (QED) is 0.471. The van der Waals surface area contributed by atoms with Gasteiger partial charge in [-0.15, -0.1) is 0 Å². The Balaban J connectivity index is 1.55. The van der Waals surface area contributed by atoms with Crippen LogP contribution >= 0.6 is 23.2 Å². The first-order valence-electron chi connectivity index (χ1n) is 8.67. The highest BCUT2D eigenvalue weighted by atomic mass is 35.5. The van der Waals surface area contributed by atoms with E-state index in [-0.39, 0.29) is 5.91 Å². The van der Waals surface area contributed by atoms with E-state index in [2.05, 4.69) is 20.4 Å². The molecule has 6 nitrogen and oxygen atoms in total. The number of para-hydroxylation sites is 1. The van der Waals surface area contributed by atoms with Crippen LogP contribution in [0.15, 0.2) is 71.5 Å². The summed E-state index contributed by atoms with van der Waals surface area (Å²) in [6, 6.07) is 15.8. The van der Waals surface area contributed by atoms with Crippen molar-refractivity contribution < 1.29 is 9.32 Å². The number of pyridine rings is 1. The molecule has 0 fully saturated rings. The largest absolute Gasteiger partial charge is 0.339 e. The first kappa shape index (κ1) is 19.1. The van der Waals surface area contributed by atoms with E-state index in [1.165, 1.54) is 6.07 Å². The molecule has 0 aliphatic rings. The van der Waals surface area contributed by atoms with E-state index in [4.69, 9.17) is 27.7 Å². The lowest BCUT2D eigenvalue weighted by Crippen LogP contribution is -2.14. The smallest absolute Gasteiger partial charge is 0.257 e. The Morgan fingerprint density at radius 2 is 1.93 bits per heavy atom. The van der Waals surface area contributed by atoms with Crippen molar-refractivity contribution in [2.75, 3.05) is 5.32 Å². The van der Waals surface area contributed by atoms with Gasteiger partial charge < -0.3 is 9.84 Å². The Kier molecular flexibility index (Phi) is 5.55. The molecular weight excluding hydrogens is 411 g/mol. The number of hydrogen-bond acceptors (Lipinski definition) is 5. The summed E-state index contributed by atoms with van der Waals surface area (Å²) in [5, 5.41) is 7.62. The summed E-state index contributed by atoms with van der Waals surface area (Å²) in [6.07, 6.45) is 3.69. The number of nitrogens with one attached hydrogen (secondary N) is 1. The molecule has 1 N–H and O–H groups in total. The molecule has 2 aromatic carbocycles. The molecule has 2 heterocycles. The van der Waals surface area contributed by atoms with Crippen LogP contribution in [0.25, 0.3) is 11.4 Å². The number of carbonyl (C=O) groups is 1. The second-order valence-electron chi connectivity index (χ2n) is 6.17. The topological polar surface area (TPSA) is 80.9 Å². The third kappa shape index (κ3) is 4.45. The molecule has 0 bridgehead atoms. The molecule has 4 rings (SSSR count). The molecular formula is C21H14Cl2N4O2. The molecule has 0 atom stereocenters. The molecule has 29 heavy (non-hydrogen) atoms. The summed E-state index contributed by atoms with van der Waals surface area (Å²) in [4.78, 5) is 21.1. The number of aromatic nitrogens is 3. The van der Waals surface area contributed by atoms with Gasteiger partial charge in [-0.1, -0.05) is 46.6 Å². The fourth-order valence-corrected chi connectivity index (χ4v) is 3.13. The van der Waals surface area contributed by atoms with Crippen LogP contribution in [0.5, 0.6) is 0 Å². The second kappa shape index (κ2) is 8.43. The number of halogens is 2. The Morgan fingerprint density at radius 1 is 1.07 bits per heavy atom. The van der Waals surface area contributed by atoms with Crippen molar-refractivity contribution in [3.05, 3.63) is 94.1 Å². The zero-order chi connectivity index (χ0) is 20.2. The predicted octanol–water partition coefficient (Wildman–Crippen LogP) is 5.28. The third-order valence-electron chi connectivity index (χ3n) is 4.17. The van der Waals surface area contributed by atoms with Crippen molar-refractivity contribution in [2.45, 2.75) is 6.42 Å². The Hall–Kier alpha value is -3.22. The normalized spacial score (nSPS) is 10.7. The standard InChI is InChI=1S/C21H14Cl2N4O2/c22-15-7-8-17(23)16(11-15)21(28)25-18-6-2-1-4-13(18)10-19-26-20(27-29-19)14-5-3-9-24-12-14/h1-9,11-12H,10H2,(H,25,28). The first-order chi connectivity index (χ1) is 14.1. The van der Waals surface area contributed by atoms with E-state index < -0.39 is 0 Å². The number of anilines is 1. The number of nitrogens with zero attached hydrogens (tertiary/aromatic N) is 3. The maximum absolute atomic E-state index is 12.7. The lowest BCUT2D eigenvalue weighted by Gasteiger charge is -2.11. The number of hydrogen-bond donors (Lipinski definition) is 1. The van der Waals surface area contributed by atoms with Gasteiger partial charge in [-0.2, -0.15) is 4.98 Å². The Morgan fingerprint density at radius 3 is 2.76 bits per heavy atom. The molecule has 0 saturated carbocycles. The van der Waals surface area contributed by atoms with Crippen molar-refractivity contribution in [1.29, 1.82) is 0 Å². The van der Waals surface area contributed by atoms with Gasteiger partial charge in [0, 0.05) is 28.7 Å². The van der Waals surface area contributed by atoms with Crippen molar-refractivity contribution in [3.63, 3.8) is 0 Å². The molecule has 144 valence electrons. The number of carbonyl (C=O) groups excluding carboxylic acids is 1. The summed E-state index contributed by atoms with van der Waals surface area (Å²) in [6.45, 7) is 0. The van der Waals surface area contributed by atoms with E-state index in [1.54, 1.807) is 36.7 Å². The average molecular weight is 425 g/mol. The zero-order valence-electron chi connectivity index (χ0n) is 15.0. The predicted molar refractivity (Wildman–Crippen MR) is 111 cm³/mol. The third-order valence-corrected chi connectivity index (χ3v) is 4.73. The SMILES string of the molecule is O=C(Nc1ccccc1Cc1nc(-c2cccnc2)no1)c1cc(Cl)ccc1Cl. The maximum atomic E-state index is 12.7. The number of benzene rings is 2. The summed E-state index contributed by atoms with van der Waals surface area (Å²) < 4.78 is 5.36. The first-order valence-corrected chi connectivity index (χ1v) is 9.43. The van der Waals surface area contributed by atoms with Crippen molar-refractivity contribution in [3.8, 4) is 11.4 Å².